The molecule has 0 fully saturated rings. The number of carbonyl (C=O) groups is 2. The molecule has 1 heterocycles. The molecule has 3 rings (SSSR count). The molecular formula is C24H24Cl5N5O2S. The third-order valence-corrected chi connectivity index (χ3v) is 7.49. The van der Waals surface area contributed by atoms with Gasteiger partial charge >= 0.3 is 0 Å². The van der Waals surface area contributed by atoms with E-state index in [4.69, 9.17) is 58.0 Å². The van der Waals surface area contributed by atoms with Crippen molar-refractivity contribution in [1.29, 1.82) is 0 Å². The van der Waals surface area contributed by atoms with Crippen molar-refractivity contribution in [2.45, 2.75) is 44.9 Å². The maximum absolute atomic E-state index is 13.0. The van der Waals surface area contributed by atoms with E-state index in [0.29, 0.717) is 39.6 Å². The molecule has 0 aliphatic heterocycles. The lowest BCUT2D eigenvalue weighted by Crippen LogP contribution is -2.32. The lowest BCUT2D eigenvalue weighted by Gasteiger charge is -2.21. The molecule has 0 radical (unpaired) electrons. The first-order valence-electron chi connectivity index (χ1n) is 11.3. The first-order chi connectivity index (χ1) is 17.5. The maximum Gasteiger partial charge on any atom is 0.253 e. The number of benzene rings is 2. The van der Waals surface area contributed by atoms with Crippen LogP contribution in [0.25, 0.3) is 0 Å². The lowest BCUT2D eigenvalue weighted by molar-refractivity contribution is -0.113. The van der Waals surface area contributed by atoms with E-state index in [2.05, 4.69) is 20.8 Å². The average molecular weight is 624 g/mol. The Labute approximate surface area is 244 Å². The van der Waals surface area contributed by atoms with Crippen LogP contribution < -0.4 is 10.6 Å². The normalized spacial score (nSPS) is 12.0. The smallest absolute Gasteiger partial charge is 0.253 e. The third-order valence-electron chi connectivity index (χ3n) is 5.17. The highest BCUT2D eigenvalue weighted by Gasteiger charge is 2.25. The molecule has 198 valence electrons. The highest BCUT2D eigenvalue weighted by Crippen LogP contribution is 2.34. The average Bonchev–Trinajstić information content (AvgIpc) is 3.22. The first kappa shape index (κ1) is 29.9. The second-order valence-corrected chi connectivity index (χ2v) is 11.5. The minimum atomic E-state index is -0.429. The van der Waals surface area contributed by atoms with Crippen LogP contribution in [0.3, 0.4) is 0 Å². The molecule has 7 nitrogen and oxygen atoms in total. The molecule has 0 unspecified atom stereocenters. The van der Waals surface area contributed by atoms with Crippen molar-refractivity contribution in [2.75, 3.05) is 11.1 Å². The number of anilines is 1. The van der Waals surface area contributed by atoms with Crippen LogP contribution in [0.15, 0.2) is 35.5 Å². The summed E-state index contributed by atoms with van der Waals surface area (Å²) < 4.78 is 1.87. The van der Waals surface area contributed by atoms with E-state index >= 15 is 0 Å². The van der Waals surface area contributed by atoms with Crippen molar-refractivity contribution >= 4 is 87.3 Å². The van der Waals surface area contributed by atoms with E-state index in [1.807, 2.05) is 25.3 Å². The standard InChI is InChI=1S/C24H24Cl5N5O2S/c1-4-34-22(19(7-12(2)3)30-23(36)15-6-5-13(25)8-16(15)27)32-33-24(34)37-11-20(35)31-21-17(28)9-14(26)10-18(21)29/h5-6,8-10,12,19H,4,7,11H2,1-3H3,(H,30,36)(H,31,35)/t19-/m1/s1. The number of carbonyl (C=O) groups excluding carboxylic acids is 2. The monoisotopic (exact) mass is 621 g/mol. The number of amides is 2. The molecule has 0 aliphatic carbocycles. The molecule has 1 atom stereocenters. The quantitative estimate of drug-likeness (QED) is 0.225. The highest BCUT2D eigenvalue weighted by atomic mass is 35.5. The van der Waals surface area contributed by atoms with Crippen LogP contribution in [0.2, 0.25) is 25.1 Å². The van der Waals surface area contributed by atoms with E-state index in [-0.39, 0.29) is 44.2 Å². The Morgan fingerprint density at radius 3 is 2.22 bits per heavy atom. The highest BCUT2D eigenvalue weighted by molar-refractivity contribution is 7.99. The molecule has 1 aromatic heterocycles. The van der Waals surface area contributed by atoms with Gasteiger partial charge in [0.1, 0.15) is 0 Å². The van der Waals surface area contributed by atoms with Crippen LogP contribution in [0, 0.1) is 5.92 Å². The Hall–Kier alpha value is -1.68. The predicted octanol–water partition coefficient (Wildman–Crippen LogP) is 7.81. The van der Waals surface area contributed by atoms with Gasteiger partial charge < -0.3 is 15.2 Å². The maximum atomic E-state index is 13.0. The topological polar surface area (TPSA) is 88.9 Å². The Morgan fingerprint density at radius 2 is 1.62 bits per heavy atom. The Kier molecular flexibility index (Phi) is 10.8. The second kappa shape index (κ2) is 13.4. The van der Waals surface area contributed by atoms with Crippen LogP contribution in [-0.2, 0) is 11.3 Å². The van der Waals surface area contributed by atoms with Crippen molar-refractivity contribution in [3.8, 4) is 0 Å². The largest absolute Gasteiger partial charge is 0.342 e. The number of rotatable bonds is 10. The summed E-state index contributed by atoms with van der Waals surface area (Å²) >= 11 is 31.7. The molecule has 0 saturated carbocycles. The van der Waals surface area contributed by atoms with Gasteiger partial charge in [0.15, 0.2) is 11.0 Å². The summed E-state index contributed by atoms with van der Waals surface area (Å²) in [6.07, 6.45) is 0.619. The van der Waals surface area contributed by atoms with E-state index in [0.717, 1.165) is 0 Å². The molecule has 0 saturated heterocycles. The molecule has 3 aromatic rings. The summed E-state index contributed by atoms with van der Waals surface area (Å²) in [5.74, 6) is 0.204. The zero-order chi connectivity index (χ0) is 27.3. The minimum absolute atomic E-state index is 0.0367. The van der Waals surface area contributed by atoms with Gasteiger partial charge in [-0.3, -0.25) is 9.59 Å². The van der Waals surface area contributed by atoms with E-state index in [1.165, 1.54) is 30.0 Å². The van der Waals surface area contributed by atoms with Crippen LogP contribution >= 0.6 is 69.8 Å². The SMILES string of the molecule is CCn1c(SCC(=O)Nc2c(Cl)cc(Cl)cc2Cl)nnc1[C@@H](CC(C)C)NC(=O)c1ccc(Cl)cc1Cl. The van der Waals surface area contributed by atoms with Gasteiger partial charge in [0.25, 0.3) is 5.91 Å². The van der Waals surface area contributed by atoms with E-state index in [9.17, 15) is 9.59 Å². The zero-order valence-electron chi connectivity index (χ0n) is 20.1. The number of nitrogens with zero attached hydrogens (tertiary/aromatic N) is 3. The molecular weight excluding hydrogens is 600 g/mol. The predicted molar refractivity (Wildman–Crippen MR) is 153 cm³/mol. The molecule has 37 heavy (non-hydrogen) atoms. The van der Waals surface area contributed by atoms with Crippen LogP contribution in [0.5, 0.6) is 0 Å². The van der Waals surface area contributed by atoms with Gasteiger partial charge in [0.2, 0.25) is 5.91 Å². The molecule has 0 bridgehead atoms. The molecule has 13 heteroatoms. The number of aromatic nitrogens is 3. The van der Waals surface area contributed by atoms with Crippen molar-refractivity contribution in [2.24, 2.45) is 5.92 Å². The first-order valence-corrected chi connectivity index (χ1v) is 14.1. The Morgan fingerprint density at radius 1 is 0.973 bits per heavy atom. The summed E-state index contributed by atoms with van der Waals surface area (Å²) in [5, 5.41) is 16.5. The van der Waals surface area contributed by atoms with Gasteiger partial charge in [-0.15, -0.1) is 10.2 Å². The number of hydrogen-bond donors (Lipinski definition) is 2. The molecule has 0 aliphatic rings. The number of halogens is 5. The van der Waals surface area contributed by atoms with Gasteiger partial charge in [-0.25, -0.2) is 0 Å². The Balaban J connectivity index is 1.76. The fraction of sp³-hybridized carbons (Fsp3) is 0.333. The van der Waals surface area contributed by atoms with Gasteiger partial charge in [-0.05, 0) is 49.6 Å². The van der Waals surface area contributed by atoms with Crippen molar-refractivity contribution in [3.05, 3.63) is 66.8 Å². The van der Waals surface area contributed by atoms with Crippen LogP contribution in [-0.4, -0.2) is 32.3 Å². The van der Waals surface area contributed by atoms with Crippen molar-refractivity contribution < 1.29 is 9.59 Å². The summed E-state index contributed by atoms with van der Waals surface area (Å²) in [6.45, 7) is 6.57. The summed E-state index contributed by atoms with van der Waals surface area (Å²) in [4.78, 5) is 25.6. The van der Waals surface area contributed by atoms with Gasteiger partial charge in [0, 0.05) is 16.6 Å². The van der Waals surface area contributed by atoms with E-state index < -0.39 is 6.04 Å². The van der Waals surface area contributed by atoms with Gasteiger partial charge in [-0.2, -0.15) is 0 Å². The Bertz CT molecular complexity index is 1280. The fourth-order valence-corrected chi connectivity index (χ4v) is 5.75. The number of thioether (sulfide) groups is 1. The van der Waals surface area contributed by atoms with Gasteiger partial charge in [0.05, 0.1) is 38.1 Å². The summed E-state index contributed by atoms with van der Waals surface area (Å²) in [6, 6.07) is 7.28. The lowest BCUT2D eigenvalue weighted by atomic mass is 10.0. The fourth-order valence-electron chi connectivity index (χ4n) is 3.54. The molecule has 2 aromatic carbocycles. The molecule has 0 spiro atoms. The van der Waals surface area contributed by atoms with Crippen molar-refractivity contribution in [3.63, 3.8) is 0 Å². The second-order valence-electron chi connectivity index (χ2n) is 8.45. The van der Waals surface area contributed by atoms with Crippen LogP contribution in [0.1, 0.15) is 49.4 Å². The van der Waals surface area contributed by atoms with E-state index in [1.54, 1.807) is 12.1 Å². The number of hydrogen-bond acceptors (Lipinski definition) is 5. The summed E-state index contributed by atoms with van der Waals surface area (Å²) in [7, 11) is 0. The zero-order valence-corrected chi connectivity index (χ0v) is 24.7. The van der Waals surface area contributed by atoms with Gasteiger partial charge in [-0.1, -0.05) is 83.6 Å². The third kappa shape index (κ3) is 7.91. The number of nitrogens with one attached hydrogen (secondary N) is 2. The molecule has 2 N–H and O–H groups in total. The summed E-state index contributed by atoms with van der Waals surface area (Å²) in [5.41, 5.74) is 0.602. The van der Waals surface area contributed by atoms with Crippen LogP contribution in [0.4, 0.5) is 5.69 Å². The minimum Gasteiger partial charge on any atom is -0.342 e. The molecule has 2 amide bonds. The van der Waals surface area contributed by atoms with Crippen molar-refractivity contribution in [1.82, 2.24) is 20.1 Å².